The number of hydrogen-bond donors (Lipinski definition) is 0. The van der Waals surface area contributed by atoms with Crippen molar-refractivity contribution in [1.29, 1.82) is 0 Å². The Kier molecular flexibility index (Phi) is 3.72. The van der Waals surface area contributed by atoms with Gasteiger partial charge in [-0.2, -0.15) is 0 Å². The van der Waals surface area contributed by atoms with E-state index in [0.717, 1.165) is 0 Å². The second-order valence-corrected chi connectivity index (χ2v) is 6.04. The summed E-state index contributed by atoms with van der Waals surface area (Å²) < 4.78 is 0. The first kappa shape index (κ1) is 14.2. The number of fused-ring (bicyclic) bond motifs is 2. The van der Waals surface area contributed by atoms with Crippen LogP contribution in [-0.4, -0.2) is 0 Å². The zero-order chi connectivity index (χ0) is 15.6. The number of hydrogen-bond acceptors (Lipinski definition) is 0. The van der Waals surface area contributed by atoms with Gasteiger partial charge in [0.1, 0.15) is 0 Å². The number of benzene rings is 4. The first-order chi connectivity index (χ1) is 11.4. The van der Waals surface area contributed by atoms with Crippen LogP contribution in [0.5, 0.6) is 0 Å². The molecular weight excluding hydrogens is 344 g/mol. The minimum atomic E-state index is 1.22. The molecule has 0 unspecified atom stereocenters. The standard InChI is InChI=1S/C22H15Br/c23-15-22-19-12-6-4-10-17(19)21(14-16-8-2-1-3-9-16)18-11-5-7-13-20(18)22/h1-15H. The van der Waals surface area contributed by atoms with Gasteiger partial charge in [0.25, 0.3) is 0 Å². The molecule has 0 saturated heterocycles. The van der Waals surface area contributed by atoms with Gasteiger partial charge in [-0.1, -0.05) is 94.8 Å². The van der Waals surface area contributed by atoms with E-state index in [9.17, 15) is 0 Å². The third-order valence-corrected chi connectivity index (χ3v) is 4.69. The third kappa shape index (κ3) is 2.47. The van der Waals surface area contributed by atoms with Crippen LogP contribution < -0.4 is 10.4 Å². The van der Waals surface area contributed by atoms with Crippen LogP contribution in [0.3, 0.4) is 0 Å². The Bertz CT molecular complexity index is 1050. The Labute approximate surface area is 143 Å². The lowest BCUT2D eigenvalue weighted by Crippen LogP contribution is -2.14. The van der Waals surface area contributed by atoms with Crippen molar-refractivity contribution in [3.8, 4) is 0 Å². The largest absolute Gasteiger partial charge is 0.0622 e. The highest BCUT2D eigenvalue weighted by molar-refractivity contribution is 9.14. The first-order valence-corrected chi connectivity index (χ1v) is 8.57. The van der Waals surface area contributed by atoms with Crippen LogP contribution in [0.25, 0.3) is 32.6 Å². The molecule has 4 rings (SSSR count). The van der Waals surface area contributed by atoms with E-state index in [4.69, 9.17) is 0 Å². The van der Waals surface area contributed by atoms with Crippen LogP contribution in [0.1, 0.15) is 5.56 Å². The number of halogens is 1. The third-order valence-electron chi connectivity index (χ3n) is 4.23. The van der Waals surface area contributed by atoms with Crippen LogP contribution >= 0.6 is 15.9 Å². The molecule has 0 radical (unpaired) electrons. The van der Waals surface area contributed by atoms with Crippen LogP contribution in [-0.2, 0) is 0 Å². The molecule has 23 heavy (non-hydrogen) atoms. The molecule has 110 valence electrons. The summed E-state index contributed by atoms with van der Waals surface area (Å²) in [6, 6.07) is 27.7. The quantitative estimate of drug-likeness (QED) is 0.422. The molecular formula is C22H15Br. The molecule has 0 fully saturated rings. The van der Waals surface area contributed by atoms with E-state index < -0.39 is 0 Å². The maximum absolute atomic E-state index is 3.56. The summed E-state index contributed by atoms with van der Waals surface area (Å²) in [6.07, 6.45) is 2.28. The summed E-state index contributed by atoms with van der Waals surface area (Å²) in [6.45, 7) is 0. The van der Waals surface area contributed by atoms with Gasteiger partial charge in [-0.15, -0.1) is 0 Å². The lowest BCUT2D eigenvalue weighted by atomic mass is 9.97. The van der Waals surface area contributed by atoms with Crippen LogP contribution in [0.2, 0.25) is 0 Å². The summed E-state index contributed by atoms with van der Waals surface area (Å²) in [7, 11) is 0. The zero-order valence-electron chi connectivity index (χ0n) is 12.5. The van der Waals surface area contributed by atoms with Gasteiger partial charge < -0.3 is 0 Å². The molecule has 0 aliphatic carbocycles. The molecule has 0 saturated carbocycles. The molecule has 0 aliphatic heterocycles. The molecule has 0 bridgehead atoms. The predicted octanol–water partition coefficient (Wildman–Crippen LogP) is 4.95. The lowest BCUT2D eigenvalue weighted by molar-refractivity contribution is 1.63. The van der Waals surface area contributed by atoms with Crippen molar-refractivity contribution in [2.75, 3.05) is 0 Å². The Morgan fingerprint density at radius 1 is 0.522 bits per heavy atom. The van der Waals surface area contributed by atoms with E-state index in [-0.39, 0.29) is 0 Å². The average Bonchev–Trinajstić information content (AvgIpc) is 2.62. The van der Waals surface area contributed by atoms with Crippen molar-refractivity contribution in [1.82, 2.24) is 0 Å². The summed E-state index contributed by atoms with van der Waals surface area (Å²) >= 11 is 3.56. The van der Waals surface area contributed by atoms with Crippen molar-refractivity contribution >= 4 is 48.5 Å². The van der Waals surface area contributed by atoms with Crippen LogP contribution in [0.4, 0.5) is 0 Å². The Morgan fingerprint density at radius 3 is 1.43 bits per heavy atom. The monoisotopic (exact) mass is 358 g/mol. The van der Waals surface area contributed by atoms with E-state index in [1.54, 1.807) is 0 Å². The van der Waals surface area contributed by atoms with Gasteiger partial charge in [0.05, 0.1) is 0 Å². The summed E-state index contributed by atoms with van der Waals surface area (Å²) in [5, 5.41) is 7.61. The van der Waals surface area contributed by atoms with E-state index >= 15 is 0 Å². The molecule has 0 aliphatic rings. The van der Waals surface area contributed by atoms with Gasteiger partial charge in [-0.3, -0.25) is 0 Å². The topological polar surface area (TPSA) is 0 Å². The Hall–Kier alpha value is -2.38. The molecule has 0 atom stereocenters. The molecule has 0 N–H and O–H groups in total. The second kappa shape index (κ2) is 6.02. The highest BCUT2D eigenvalue weighted by Crippen LogP contribution is 2.15. The smallest absolute Gasteiger partial charge is 0.00297 e. The molecule has 1 heteroatoms. The second-order valence-electron chi connectivity index (χ2n) is 5.58. The highest BCUT2D eigenvalue weighted by atomic mass is 79.9. The first-order valence-electron chi connectivity index (χ1n) is 7.65. The fourth-order valence-electron chi connectivity index (χ4n) is 3.18. The summed E-state index contributed by atoms with van der Waals surface area (Å²) in [5.74, 6) is 0. The highest BCUT2D eigenvalue weighted by Gasteiger charge is 2.04. The van der Waals surface area contributed by atoms with Crippen molar-refractivity contribution in [2.24, 2.45) is 0 Å². The maximum Gasteiger partial charge on any atom is -0.00297 e. The predicted molar refractivity (Wildman–Crippen MR) is 104 cm³/mol. The zero-order valence-corrected chi connectivity index (χ0v) is 14.1. The lowest BCUT2D eigenvalue weighted by Gasteiger charge is -2.07. The average molecular weight is 359 g/mol. The van der Waals surface area contributed by atoms with Gasteiger partial charge in [-0.05, 0) is 48.6 Å². The van der Waals surface area contributed by atoms with Crippen molar-refractivity contribution in [3.63, 3.8) is 0 Å². The van der Waals surface area contributed by atoms with Gasteiger partial charge >= 0.3 is 0 Å². The van der Waals surface area contributed by atoms with Crippen LogP contribution in [0.15, 0.2) is 78.9 Å². The van der Waals surface area contributed by atoms with E-state index in [2.05, 4.69) is 101 Å². The Morgan fingerprint density at radius 2 is 0.957 bits per heavy atom. The molecule has 0 nitrogen and oxygen atoms in total. The maximum atomic E-state index is 3.56. The molecule has 0 heterocycles. The Balaban J connectivity index is 2.29. The SMILES string of the molecule is BrC=c1c2ccccc2c(=Cc2ccccc2)c2ccccc12. The molecule has 0 spiro atoms. The van der Waals surface area contributed by atoms with Crippen molar-refractivity contribution in [3.05, 3.63) is 94.9 Å². The summed E-state index contributed by atoms with van der Waals surface area (Å²) in [5.41, 5.74) is 1.22. The fourth-order valence-corrected chi connectivity index (χ4v) is 3.68. The van der Waals surface area contributed by atoms with Crippen molar-refractivity contribution < 1.29 is 0 Å². The minimum Gasteiger partial charge on any atom is -0.0622 e. The van der Waals surface area contributed by atoms with E-state index in [0.29, 0.717) is 0 Å². The molecule has 4 aromatic carbocycles. The fraction of sp³-hybridized carbons (Fsp3) is 0. The van der Waals surface area contributed by atoms with Crippen molar-refractivity contribution in [2.45, 2.75) is 0 Å². The van der Waals surface area contributed by atoms with Gasteiger partial charge in [0, 0.05) is 0 Å². The molecule has 0 aromatic heterocycles. The van der Waals surface area contributed by atoms with Gasteiger partial charge in [0.2, 0.25) is 0 Å². The minimum absolute atomic E-state index is 1.22. The number of rotatable bonds is 1. The molecule has 4 aromatic rings. The normalized spacial score (nSPS) is 10.8. The summed E-state index contributed by atoms with van der Waals surface area (Å²) in [4.78, 5) is 2.03. The molecule has 0 amide bonds. The van der Waals surface area contributed by atoms with E-state index in [1.165, 1.54) is 37.5 Å². The van der Waals surface area contributed by atoms with Crippen LogP contribution in [0, 0.1) is 0 Å². The van der Waals surface area contributed by atoms with E-state index in [1.807, 2.05) is 4.99 Å². The van der Waals surface area contributed by atoms with Gasteiger partial charge in [-0.25, -0.2) is 0 Å². The van der Waals surface area contributed by atoms with Gasteiger partial charge in [0.15, 0.2) is 0 Å².